The molecule has 1 heterocycles. The van der Waals surface area contributed by atoms with Crippen LogP contribution in [0.4, 0.5) is 5.82 Å². The van der Waals surface area contributed by atoms with Crippen molar-refractivity contribution < 1.29 is 4.74 Å². The number of pyridine rings is 1. The number of aromatic nitrogens is 1. The first kappa shape index (κ1) is 14.0. The fourth-order valence-electron chi connectivity index (χ4n) is 2.01. The average Bonchev–Trinajstić information content (AvgIpc) is 2.45. The van der Waals surface area contributed by atoms with Gasteiger partial charge in [0.1, 0.15) is 5.82 Å². The fraction of sp³-hybridized carbons (Fsp3) is 0.250. The molecular formula is C16H17N3O. The lowest BCUT2D eigenvalue weighted by atomic mass is 10.1. The van der Waals surface area contributed by atoms with E-state index in [4.69, 9.17) is 10.00 Å². The predicted octanol–water partition coefficient (Wildman–Crippen LogP) is 3.02. The summed E-state index contributed by atoms with van der Waals surface area (Å²) in [6.07, 6.45) is 0. The maximum Gasteiger partial charge on any atom is 0.127 e. The van der Waals surface area contributed by atoms with Gasteiger partial charge < -0.3 is 10.1 Å². The van der Waals surface area contributed by atoms with Gasteiger partial charge in [0.2, 0.25) is 0 Å². The van der Waals surface area contributed by atoms with Crippen LogP contribution in [-0.2, 0) is 17.9 Å². The van der Waals surface area contributed by atoms with Gasteiger partial charge in [0.25, 0.3) is 0 Å². The average molecular weight is 267 g/mol. The van der Waals surface area contributed by atoms with Crippen molar-refractivity contribution in [2.75, 3.05) is 12.4 Å². The van der Waals surface area contributed by atoms with E-state index in [0.29, 0.717) is 18.7 Å². The number of hydrogen-bond acceptors (Lipinski definition) is 4. The number of nitriles is 1. The monoisotopic (exact) mass is 267 g/mol. The highest BCUT2D eigenvalue weighted by atomic mass is 16.5. The molecule has 20 heavy (non-hydrogen) atoms. The Morgan fingerprint density at radius 2 is 2.05 bits per heavy atom. The number of anilines is 1. The third kappa shape index (κ3) is 3.81. The number of methoxy groups -OCH3 is 1. The zero-order valence-corrected chi connectivity index (χ0v) is 11.7. The molecule has 0 aliphatic rings. The summed E-state index contributed by atoms with van der Waals surface area (Å²) < 4.78 is 5.12. The molecule has 0 radical (unpaired) electrons. The summed E-state index contributed by atoms with van der Waals surface area (Å²) in [5, 5.41) is 12.2. The lowest BCUT2D eigenvalue weighted by Crippen LogP contribution is -2.03. The minimum atomic E-state index is 0.606. The quantitative estimate of drug-likeness (QED) is 0.904. The van der Waals surface area contributed by atoms with Crippen molar-refractivity contribution in [2.24, 2.45) is 0 Å². The number of rotatable bonds is 5. The van der Waals surface area contributed by atoms with Gasteiger partial charge in [0, 0.05) is 19.3 Å². The first-order valence-electron chi connectivity index (χ1n) is 6.40. The summed E-state index contributed by atoms with van der Waals surface area (Å²) >= 11 is 0. The molecule has 0 fully saturated rings. The van der Waals surface area contributed by atoms with Gasteiger partial charge >= 0.3 is 0 Å². The topological polar surface area (TPSA) is 57.9 Å². The Morgan fingerprint density at radius 3 is 2.80 bits per heavy atom. The van der Waals surface area contributed by atoms with Gasteiger partial charge in [-0.05, 0) is 30.2 Å². The van der Waals surface area contributed by atoms with Crippen LogP contribution >= 0.6 is 0 Å². The highest BCUT2D eigenvalue weighted by Crippen LogP contribution is 2.12. The molecule has 1 N–H and O–H groups in total. The Labute approximate surface area is 119 Å². The molecular weight excluding hydrogens is 250 g/mol. The Bertz CT molecular complexity index is 632. The normalized spacial score (nSPS) is 10.1. The summed E-state index contributed by atoms with van der Waals surface area (Å²) in [5.74, 6) is 0.721. The fourth-order valence-corrected chi connectivity index (χ4v) is 2.01. The van der Waals surface area contributed by atoms with E-state index in [1.54, 1.807) is 19.2 Å². The number of nitrogens with one attached hydrogen (secondary N) is 1. The van der Waals surface area contributed by atoms with Crippen molar-refractivity contribution in [1.29, 1.82) is 5.26 Å². The molecule has 4 heteroatoms. The van der Waals surface area contributed by atoms with E-state index >= 15 is 0 Å². The molecule has 1 aromatic carbocycles. The van der Waals surface area contributed by atoms with Gasteiger partial charge in [-0.1, -0.05) is 24.3 Å². The van der Waals surface area contributed by atoms with Crippen molar-refractivity contribution in [3.05, 3.63) is 58.8 Å². The molecule has 4 nitrogen and oxygen atoms in total. The van der Waals surface area contributed by atoms with Gasteiger partial charge in [0.15, 0.2) is 0 Å². The number of aryl methyl sites for hydroxylation is 1. The van der Waals surface area contributed by atoms with Crippen molar-refractivity contribution >= 4 is 5.82 Å². The van der Waals surface area contributed by atoms with Crippen molar-refractivity contribution in [1.82, 2.24) is 4.98 Å². The molecule has 0 aliphatic carbocycles. The van der Waals surface area contributed by atoms with E-state index in [1.165, 1.54) is 0 Å². The number of nitrogens with zero attached hydrogens (tertiary/aromatic N) is 2. The van der Waals surface area contributed by atoms with Crippen LogP contribution in [-0.4, -0.2) is 12.1 Å². The van der Waals surface area contributed by atoms with Gasteiger partial charge in [-0.25, -0.2) is 4.98 Å². The van der Waals surface area contributed by atoms with Crippen LogP contribution in [0.15, 0.2) is 36.4 Å². The maximum absolute atomic E-state index is 8.95. The zero-order chi connectivity index (χ0) is 14.4. The van der Waals surface area contributed by atoms with Crippen LogP contribution in [0.1, 0.15) is 22.4 Å². The highest BCUT2D eigenvalue weighted by molar-refractivity contribution is 5.44. The number of hydrogen-bond donors (Lipinski definition) is 1. The van der Waals surface area contributed by atoms with Gasteiger partial charge in [-0.3, -0.25) is 0 Å². The van der Waals surface area contributed by atoms with Crippen molar-refractivity contribution in [3.63, 3.8) is 0 Å². The summed E-state index contributed by atoms with van der Waals surface area (Å²) in [6, 6.07) is 13.8. The second-order valence-electron chi connectivity index (χ2n) is 4.60. The molecule has 0 spiro atoms. The van der Waals surface area contributed by atoms with Crippen LogP contribution < -0.4 is 5.32 Å². The Hall–Kier alpha value is -2.38. The summed E-state index contributed by atoms with van der Waals surface area (Å²) in [4.78, 5) is 4.37. The Morgan fingerprint density at radius 1 is 1.25 bits per heavy atom. The van der Waals surface area contributed by atoms with E-state index in [1.807, 2.05) is 25.1 Å². The summed E-state index contributed by atoms with van der Waals surface area (Å²) in [7, 11) is 1.69. The Kier molecular flexibility index (Phi) is 4.70. The van der Waals surface area contributed by atoms with Gasteiger partial charge in [-0.15, -0.1) is 0 Å². The predicted molar refractivity (Wildman–Crippen MR) is 78.2 cm³/mol. The minimum Gasteiger partial charge on any atom is -0.380 e. The number of ether oxygens (including phenoxy) is 1. The molecule has 102 valence electrons. The molecule has 0 bridgehead atoms. The molecule has 2 aromatic rings. The standard InChI is InChI=1S/C16H17N3O/c1-12-6-15(9-17)8-16(19-12)18-10-13-4-3-5-14(7-13)11-20-2/h3-8H,10-11H2,1-2H3,(H,18,19). The third-order valence-corrected chi connectivity index (χ3v) is 2.86. The van der Waals surface area contributed by atoms with Crippen LogP contribution in [0.5, 0.6) is 0 Å². The van der Waals surface area contributed by atoms with Crippen LogP contribution in [0, 0.1) is 18.3 Å². The van der Waals surface area contributed by atoms with Crippen LogP contribution in [0.3, 0.4) is 0 Å². The van der Waals surface area contributed by atoms with E-state index in [-0.39, 0.29) is 0 Å². The molecule has 0 saturated heterocycles. The van der Waals surface area contributed by atoms with Crippen LogP contribution in [0.2, 0.25) is 0 Å². The first-order chi connectivity index (χ1) is 9.71. The molecule has 0 saturated carbocycles. The van der Waals surface area contributed by atoms with Crippen molar-refractivity contribution in [3.8, 4) is 6.07 Å². The molecule has 0 aliphatic heterocycles. The maximum atomic E-state index is 8.95. The SMILES string of the molecule is COCc1cccc(CNc2cc(C#N)cc(C)n2)c1. The molecule has 2 rings (SSSR count). The van der Waals surface area contributed by atoms with E-state index < -0.39 is 0 Å². The molecule has 0 atom stereocenters. The van der Waals surface area contributed by atoms with Gasteiger partial charge in [-0.2, -0.15) is 5.26 Å². The Balaban J connectivity index is 2.07. The third-order valence-electron chi connectivity index (χ3n) is 2.86. The number of benzene rings is 1. The lowest BCUT2D eigenvalue weighted by Gasteiger charge is -2.08. The smallest absolute Gasteiger partial charge is 0.127 e. The molecule has 1 aromatic heterocycles. The zero-order valence-electron chi connectivity index (χ0n) is 11.7. The van der Waals surface area contributed by atoms with Crippen molar-refractivity contribution in [2.45, 2.75) is 20.1 Å². The van der Waals surface area contributed by atoms with Gasteiger partial charge in [0.05, 0.1) is 18.2 Å². The highest BCUT2D eigenvalue weighted by Gasteiger charge is 2.01. The van der Waals surface area contributed by atoms with E-state index in [0.717, 1.165) is 22.6 Å². The largest absolute Gasteiger partial charge is 0.380 e. The minimum absolute atomic E-state index is 0.606. The second kappa shape index (κ2) is 6.69. The summed E-state index contributed by atoms with van der Waals surface area (Å²) in [5.41, 5.74) is 3.75. The summed E-state index contributed by atoms with van der Waals surface area (Å²) in [6.45, 7) is 3.15. The molecule has 0 unspecified atom stereocenters. The van der Waals surface area contributed by atoms with E-state index in [2.05, 4.69) is 22.4 Å². The second-order valence-corrected chi connectivity index (χ2v) is 4.60. The first-order valence-corrected chi connectivity index (χ1v) is 6.40. The lowest BCUT2D eigenvalue weighted by molar-refractivity contribution is 0.185. The molecule has 0 amide bonds. The van der Waals surface area contributed by atoms with E-state index in [9.17, 15) is 0 Å². The van der Waals surface area contributed by atoms with Crippen LogP contribution in [0.25, 0.3) is 0 Å².